The molecule has 0 N–H and O–H groups in total. The number of ketones is 1. The first-order valence-corrected chi connectivity index (χ1v) is 8.90. The average molecular weight is 343 g/mol. The number of ether oxygens (including phenoxy) is 1. The molecule has 0 bridgehead atoms. The Hall–Kier alpha value is -2.30. The number of aromatic nitrogens is 1. The van der Waals surface area contributed by atoms with Gasteiger partial charge in [-0.15, -0.1) is 0 Å². The molecule has 0 saturated heterocycles. The number of carbonyl (C=O) groups excluding carboxylic acids is 2. The molecule has 0 spiro atoms. The van der Waals surface area contributed by atoms with Crippen molar-refractivity contribution in [1.82, 2.24) is 4.57 Å². The minimum absolute atomic E-state index is 0.130. The quantitative estimate of drug-likeness (QED) is 0.618. The Kier molecular flexibility index (Phi) is 4.84. The van der Waals surface area contributed by atoms with Crippen molar-refractivity contribution < 1.29 is 18.7 Å². The van der Waals surface area contributed by atoms with Crippen molar-refractivity contribution in [3.05, 3.63) is 46.7 Å². The van der Waals surface area contributed by atoms with Gasteiger partial charge in [-0.25, -0.2) is 0 Å². The zero-order chi connectivity index (χ0) is 18.1. The van der Waals surface area contributed by atoms with E-state index in [-0.39, 0.29) is 23.8 Å². The topological polar surface area (TPSA) is 61.4 Å². The second-order valence-electron chi connectivity index (χ2n) is 7.03. The third-order valence-electron chi connectivity index (χ3n) is 4.62. The number of carbonyl (C=O) groups is 2. The lowest BCUT2D eigenvalue weighted by Crippen LogP contribution is -2.21. The van der Waals surface area contributed by atoms with Crippen LogP contribution in [0.1, 0.15) is 72.3 Å². The molecule has 5 heteroatoms. The molecule has 1 atom stereocenters. The Labute approximate surface area is 148 Å². The number of fused-ring (bicyclic) bond motifs is 1. The molecule has 0 radical (unpaired) electrons. The maximum atomic E-state index is 12.9. The maximum Gasteiger partial charge on any atom is 0.315 e. The van der Waals surface area contributed by atoms with Gasteiger partial charge in [-0.1, -0.05) is 6.42 Å². The Balaban J connectivity index is 2.02. The molecule has 3 rings (SSSR count). The number of hydrogen-bond donors (Lipinski definition) is 0. The zero-order valence-corrected chi connectivity index (χ0v) is 15.3. The normalized spacial score (nSPS) is 17.2. The number of rotatable bonds is 4. The summed E-state index contributed by atoms with van der Waals surface area (Å²) in [5.74, 6) is 0.399. The van der Waals surface area contributed by atoms with Crippen LogP contribution in [-0.4, -0.2) is 22.4 Å². The molecule has 1 aliphatic heterocycles. The molecule has 1 unspecified atom stereocenters. The highest BCUT2D eigenvalue weighted by molar-refractivity contribution is 6.07. The molecule has 0 saturated carbocycles. The number of esters is 1. The predicted octanol–water partition coefficient (Wildman–Crippen LogP) is 4.15. The fourth-order valence-electron chi connectivity index (χ4n) is 3.53. The van der Waals surface area contributed by atoms with Gasteiger partial charge in [-0.2, -0.15) is 0 Å². The van der Waals surface area contributed by atoms with E-state index in [9.17, 15) is 9.59 Å². The lowest BCUT2D eigenvalue weighted by Gasteiger charge is -2.17. The first-order chi connectivity index (χ1) is 11.9. The smallest absolute Gasteiger partial charge is 0.315 e. The van der Waals surface area contributed by atoms with Crippen LogP contribution in [0.4, 0.5) is 0 Å². The van der Waals surface area contributed by atoms with E-state index in [1.807, 2.05) is 38.3 Å². The summed E-state index contributed by atoms with van der Waals surface area (Å²) in [6.45, 7) is 8.17. The number of aryl methyl sites for hydroxylation is 2. The van der Waals surface area contributed by atoms with Crippen LogP contribution in [0.25, 0.3) is 0 Å². The second-order valence-corrected chi connectivity index (χ2v) is 7.03. The summed E-state index contributed by atoms with van der Waals surface area (Å²) >= 11 is 0. The average Bonchev–Trinajstić information content (AvgIpc) is 3.03. The van der Waals surface area contributed by atoms with E-state index in [1.165, 1.54) is 0 Å². The van der Waals surface area contributed by atoms with Crippen molar-refractivity contribution in [2.45, 2.75) is 65.5 Å². The first kappa shape index (κ1) is 17.5. The number of furan rings is 1. The minimum atomic E-state index is -0.316. The van der Waals surface area contributed by atoms with E-state index in [2.05, 4.69) is 0 Å². The van der Waals surface area contributed by atoms with Gasteiger partial charge in [-0.05, 0) is 64.3 Å². The fraction of sp³-hybridized carbons (Fsp3) is 0.500. The van der Waals surface area contributed by atoms with E-state index in [1.54, 1.807) is 12.1 Å². The van der Waals surface area contributed by atoms with Crippen LogP contribution < -0.4 is 0 Å². The van der Waals surface area contributed by atoms with Crippen LogP contribution in [-0.2, 0) is 16.1 Å². The van der Waals surface area contributed by atoms with Crippen LogP contribution in [0.2, 0.25) is 0 Å². The standard InChI is InChI=1S/C20H25NO4/c1-12(2)24-20(23)15-7-5-6-10-21-16(15)11-13(3)18(21)19(22)17-9-8-14(4)25-17/h8-9,11-12,15H,5-7,10H2,1-4H3. The van der Waals surface area contributed by atoms with Crippen molar-refractivity contribution in [1.29, 1.82) is 0 Å². The van der Waals surface area contributed by atoms with Crippen molar-refractivity contribution in [3.63, 3.8) is 0 Å². The summed E-state index contributed by atoms with van der Waals surface area (Å²) in [7, 11) is 0. The molecule has 1 aliphatic rings. The monoisotopic (exact) mass is 343 g/mol. The summed E-state index contributed by atoms with van der Waals surface area (Å²) in [5, 5.41) is 0. The Morgan fingerprint density at radius 2 is 2.00 bits per heavy atom. The van der Waals surface area contributed by atoms with Gasteiger partial charge in [0, 0.05) is 12.2 Å². The molecule has 2 aromatic rings. The van der Waals surface area contributed by atoms with Gasteiger partial charge >= 0.3 is 5.97 Å². The van der Waals surface area contributed by atoms with Gasteiger partial charge in [0.2, 0.25) is 5.78 Å². The summed E-state index contributed by atoms with van der Waals surface area (Å²) in [4.78, 5) is 25.5. The van der Waals surface area contributed by atoms with E-state index < -0.39 is 0 Å². The van der Waals surface area contributed by atoms with Crippen molar-refractivity contribution in [3.8, 4) is 0 Å². The summed E-state index contributed by atoms with van der Waals surface area (Å²) < 4.78 is 13.0. The summed E-state index contributed by atoms with van der Waals surface area (Å²) in [6, 6.07) is 5.45. The molecule has 3 heterocycles. The van der Waals surface area contributed by atoms with Crippen LogP contribution in [0, 0.1) is 13.8 Å². The minimum Gasteiger partial charge on any atom is -0.462 e. The van der Waals surface area contributed by atoms with Gasteiger partial charge in [0.15, 0.2) is 5.76 Å². The predicted molar refractivity (Wildman–Crippen MR) is 93.9 cm³/mol. The highest BCUT2D eigenvalue weighted by Gasteiger charge is 2.32. The third kappa shape index (κ3) is 3.41. The SMILES string of the molecule is Cc1ccc(C(=O)c2c(C)cc3n2CCCCC3C(=O)OC(C)C)o1. The van der Waals surface area contributed by atoms with Crippen LogP contribution in [0.5, 0.6) is 0 Å². The molecule has 0 aliphatic carbocycles. The van der Waals surface area contributed by atoms with Gasteiger partial charge < -0.3 is 13.7 Å². The van der Waals surface area contributed by atoms with Gasteiger partial charge in [0.1, 0.15) is 5.76 Å². The number of nitrogens with zero attached hydrogens (tertiary/aromatic N) is 1. The summed E-state index contributed by atoms with van der Waals surface area (Å²) in [5.41, 5.74) is 2.37. The van der Waals surface area contributed by atoms with Crippen molar-refractivity contribution >= 4 is 11.8 Å². The van der Waals surface area contributed by atoms with Crippen LogP contribution >= 0.6 is 0 Å². The molecule has 0 amide bonds. The van der Waals surface area contributed by atoms with E-state index in [0.29, 0.717) is 17.2 Å². The maximum absolute atomic E-state index is 12.9. The molecular weight excluding hydrogens is 318 g/mol. The van der Waals surface area contributed by atoms with Gasteiger partial charge in [0.05, 0.1) is 17.7 Å². The van der Waals surface area contributed by atoms with Gasteiger partial charge in [-0.3, -0.25) is 9.59 Å². The van der Waals surface area contributed by atoms with E-state index in [0.717, 1.165) is 37.1 Å². The molecule has 134 valence electrons. The highest BCUT2D eigenvalue weighted by Crippen LogP contribution is 2.33. The number of hydrogen-bond acceptors (Lipinski definition) is 4. The Morgan fingerprint density at radius 3 is 2.64 bits per heavy atom. The van der Waals surface area contributed by atoms with Crippen LogP contribution in [0.15, 0.2) is 22.6 Å². The third-order valence-corrected chi connectivity index (χ3v) is 4.62. The van der Waals surface area contributed by atoms with E-state index in [4.69, 9.17) is 9.15 Å². The first-order valence-electron chi connectivity index (χ1n) is 8.90. The molecule has 0 aromatic carbocycles. The molecule has 2 aromatic heterocycles. The van der Waals surface area contributed by atoms with E-state index >= 15 is 0 Å². The van der Waals surface area contributed by atoms with Crippen molar-refractivity contribution in [2.75, 3.05) is 0 Å². The van der Waals surface area contributed by atoms with Gasteiger partial charge in [0.25, 0.3) is 0 Å². The molecular formula is C20H25NO4. The fourth-order valence-corrected chi connectivity index (χ4v) is 3.53. The summed E-state index contributed by atoms with van der Waals surface area (Å²) in [6.07, 6.45) is 2.48. The zero-order valence-electron chi connectivity index (χ0n) is 15.3. The lowest BCUT2D eigenvalue weighted by atomic mass is 9.99. The van der Waals surface area contributed by atoms with Crippen LogP contribution in [0.3, 0.4) is 0 Å². The molecule has 5 nitrogen and oxygen atoms in total. The molecule has 25 heavy (non-hydrogen) atoms. The largest absolute Gasteiger partial charge is 0.462 e. The lowest BCUT2D eigenvalue weighted by molar-refractivity contribution is -0.149. The Morgan fingerprint density at radius 1 is 1.24 bits per heavy atom. The Bertz CT molecular complexity index is 797. The highest BCUT2D eigenvalue weighted by atomic mass is 16.5. The second kappa shape index (κ2) is 6.90. The molecule has 0 fully saturated rings. The van der Waals surface area contributed by atoms with Crippen molar-refractivity contribution in [2.24, 2.45) is 0 Å².